The third-order valence-corrected chi connectivity index (χ3v) is 6.31. The summed E-state index contributed by atoms with van der Waals surface area (Å²) in [5.41, 5.74) is 1.23. The minimum Gasteiger partial charge on any atom is -0.454 e. The Morgan fingerprint density at radius 2 is 1.72 bits per heavy atom. The summed E-state index contributed by atoms with van der Waals surface area (Å²) in [4.78, 5) is 27.1. The number of amides is 3. The first kappa shape index (κ1) is 26.0. The second-order valence-electron chi connectivity index (χ2n) is 8.99. The highest BCUT2D eigenvalue weighted by Crippen LogP contribution is 2.39. The van der Waals surface area contributed by atoms with Crippen molar-refractivity contribution in [1.82, 2.24) is 9.91 Å². The number of hydrogen-bond acceptors (Lipinski definition) is 5. The van der Waals surface area contributed by atoms with Crippen molar-refractivity contribution in [3.8, 4) is 11.5 Å². The minimum absolute atomic E-state index is 0.0856. The molecule has 2 heterocycles. The van der Waals surface area contributed by atoms with Crippen molar-refractivity contribution in [2.45, 2.75) is 18.6 Å². The van der Waals surface area contributed by atoms with E-state index >= 15 is 0 Å². The lowest BCUT2D eigenvalue weighted by atomic mass is 9.98. The zero-order chi connectivity index (χ0) is 27.7. The number of fused-ring (bicyclic) bond motifs is 1. The van der Waals surface area contributed by atoms with Gasteiger partial charge in [-0.1, -0.05) is 18.2 Å². The van der Waals surface area contributed by atoms with Crippen LogP contribution in [-0.2, 0) is 11.0 Å². The van der Waals surface area contributed by atoms with E-state index in [-0.39, 0.29) is 19.0 Å². The van der Waals surface area contributed by atoms with E-state index in [9.17, 15) is 27.2 Å². The molecule has 3 aromatic carbocycles. The van der Waals surface area contributed by atoms with Crippen LogP contribution < -0.4 is 14.8 Å². The highest BCUT2D eigenvalue weighted by molar-refractivity contribution is 6.03. The maximum absolute atomic E-state index is 13.5. The topological polar surface area (TPSA) is 83.5 Å². The van der Waals surface area contributed by atoms with E-state index in [0.29, 0.717) is 29.2 Å². The Labute approximate surface area is 220 Å². The molecule has 2 aliphatic heterocycles. The number of hydrogen-bond donors (Lipinski definition) is 1. The average Bonchev–Trinajstić information content (AvgIpc) is 3.56. The molecule has 5 rings (SSSR count). The fraction of sp³-hybridized carbons (Fsp3) is 0.222. The van der Waals surface area contributed by atoms with E-state index in [1.54, 1.807) is 30.3 Å². The van der Waals surface area contributed by atoms with Crippen LogP contribution in [0, 0.1) is 5.82 Å². The highest BCUT2D eigenvalue weighted by atomic mass is 19.4. The molecule has 0 saturated heterocycles. The number of ether oxygens (including phenoxy) is 2. The van der Waals surface area contributed by atoms with E-state index in [2.05, 4.69) is 10.4 Å². The second kappa shape index (κ2) is 10.3. The van der Waals surface area contributed by atoms with E-state index in [4.69, 9.17) is 9.47 Å². The van der Waals surface area contributed by atoms with Gasteiger partial charge in [0.2, 0.25) is 6.79 Å². The number of carbonyl (C=O) groups excluding carboxylic acids is 2. The average molecular weight is 542 g/mol. The largest absolute Gasteiger partial charge is 0.454 e. The first-order valence-electron chi connectivity index (χ1n) is 11.8. The molecule has 1 N–H and O–H groups in total. The van der Waals surface area contributed by atoms with Crippen LogP contribution in [0.25, 0.3) is 0 Å². The van der Waals surface area contributed by atoms with Gasteiger partial charge in [0.15, 0.2) is 11.5 Å². The molecule has 1 atom stereocenters. The quantitative estimate of drug-likeness (QED) is 0.437. The summed E-state index contributed by atoms with van der Waals surface area (Å²) >= 11 is 0. The molecule has 0 radical (unpaired) electrons. The standard InChI is InChI=1S/C27H22F4N4O4/c1-34(26(37)32-20-9-5-18(6-10-20)27(29,30)31)14-25(36)35-22(17-4-11-23-24(12-17)39-15-38-23)13-21(33-35)16-2-7-19(28)8-3-16/h2-12,22H,13-15H2,1H3,(H,32,37)/t22-/m0/s1. The van der Waals surface area contributed by atoms with E-state index in [1.807, 2.05) is 0 Å². The van der Waals surface area contributed by atoms with Gasteiger partial charge < -0.3 is 19.7 Å². The molecule has 0 spiro atoms. The zero-order valence-corrected chi connectivity index (χ0v) is 20.5. The van der Waals surface area contributed by atoms with Crippen LogP contribution in [0.2, 0.25) is 0 Å². The molecule has 3 amide bonds. The van der Waals surface area contributed by atoms with Crippen LogP contribution in [0.4, 0.5) is 28.0 Å². The Kier molecular flexibility index (Phi) is 6.85. The van der Waals surface area contributed by atoms with Crippen molar-refractivity contribution in [3.05, 3.63) is 89.2 Å². The number of anilines is 1. The number of nitrogens with zero attached hydrogens (tertiary/aromatic N) is 3. The van der Waals surface area contributed by atoms with Gasteiger partial charge >= 0.3 is 12.2 Å². The van der Waals surface area contributed by atoms with Gasteiger partial charge in [0.1, 0.15) is 12.4 Å². The maximum atomic E-state index is 13.5. The molecule has 3 aromatic rings. The fourth-order valence-electron chi connectivity index (χ4n) is 4.25. The summed E-state index contributed by atoms with van der Waals surface area (Å²) in [7, 11) is 1.38. The fourth-order valence-corrected chi connectivity index (χ4v) is 4.25. The van der Waals surface area contributed by atoms with Crippen molar-refractivity contribution >= 4 is 23.3 Å². The number of rotatable bonds is 5. The molecular formula is C27H22F4N4O4. The monoisotopic (exact) mass is 542 g/mol. The van der Waals surface area contributed by atoms with E-state index in [1.165, 1.54) is 24.2 Å². The highest BCUT2D eigenvalue weighted by Gasteiger charge is 2.35. The Morgan fingerprint density at radius 3 is 2.41 bits per heavy atom. The molecule has 202 valence electrons. The van der Waals surface area contributed by atoms with Gasteiger partial charge in [-0.3, -0.25) is 4.79 Å². The van der Waals surface area contributed by atoms with Crippen molar-refractivity contribution < 1.29 is 36.6 Å². The normalized spacial score (nSPS) is 16.2. The van der Waals surface area contributed by atoms with Gasteiger partial charge in [0, 0.05) is 19.2 Å². The third-order valence-electron chi connectivity index (χ3n) is 6.31. The van der Waals surface area contributed by atoms with Gasteiger partial charge in [-0.05, 0) is 59.7 Å². The van der Waals surface area contributed by atoms with Crippen molar-refractivity contribution in [1.29, 1.82) is 0 Å². The van der Waals surface area contributed by atoms with Gasteiger partial charge in [0.25, 0.3) is 5.91 Å². The lowest BCUT2D eigenvalue weighted by Gasteiger charge is -2.25. The molecule has 0 fully saturated rings. The number of likely N-dealkylation sites (N-methyl/N-ethyl adjacent to an activating group) is 1. The van der Waals surface area contributed by atoms with Crippen LogP contribution in [-0.4, -0.2) is 47.9 Å². The van der Waals surface area contributed by atoms with E-state index < -0.39 is 35.5 Å². The SMILES string of the molecule is CN(CC(=O)N1N=C(c2ccc(F)cc2)C[C@H]1c1ccc2c(c1)OCO2)C(=O)Nc1ccc(C(F)(F)F)cc1. The lowest BCUT2D eigenvalue weighted by molar-refractivity contribution is -0.137. The Balaban J connectivity index is 1.33. The summed E-state index contributed by atoms with van der Waals surface area (Å²) in [6.07, 6.45) is -4.16. The summed E-state index contributed by atoms with van der Waals surface area (Å²) < 4.78 is 62.7. The summed E-state index contributed by atoms with van der Waals surface area (Å²) in [6.45, 7) is -0.282. The molecule has 0 aromatic heterocycles. The Morgan fingerprint density at radius 1 is 1.03 bits per heavy atom. The van der Waals surface area contributed by atoms with Gasteiger partial charge in [0.05, 0.1) is 17.3 Å². The Bertz CT molecular complexity index is 1430. The van der Waals surface area contributed by atoms with E-state index in [0.717, 1.165) is 34.7 Å². The van der Waals surface area contributed by atoms with Crippen LogP contribution in [0.5, 0.6) is 11.5 Å². The van der Waals surface area contributed by atoms with Crippen molar-refractivity contribution in [2.75, 3.05) is 25.7 Å². The molecular weight excluding hydrogens is 520 g/mol. The smallest absolute Gasteiger partial charge is 0.416 e. The summed E-state index contributed by atoms with van der Waals surface area (Å²) in [5, 5.41) is 8.26. The first-order valence-corrected chi connectivity index (χ1v) is 11.8. The predicted molar refractivity (Wildman–Crippen MR) is 133 cm³/mol. The van der Waals surface area contributed by atoms with Gasteiger partial charge in [-0.2, -0.15) is 18.3 Å². The number of hydrazone groups is 1. The Hall–Kier alpha value is -4.61. The first-order chi connectivity index (χ1) is 18.6. The molecule has 2 aliphatic rings. The summed E-state index contributed by atoms with van der Waals surface area (Å²) in [6, 6.07) is 13.8. The number of nitrogens with one attached hydrogen (secondary N) is 1. The number of benzene rings is 3. The van der Waals surface area contributed by atoms with Crippen LogP contribution in [0.3, 0.4) is 0 Å². The molecule has 0 unspecified atom stereocenters. The van der Waals surface area contributed by atoms with Crippen molar-refractivity contribution in [2.24, 2.45) is 5.10 Å². The van der Waals surface area contributed by atoms with Crippen LogP contribution >= 0.6 is 0 Å². The van der Waals surface area contributed by atoms with Gasteiger partial charge in [-0.25, -0.2) is 14.2 Å². The lowest BCUT2D eigenvalue weighted by Crippen LogP contribution is -2.41. The van der Waals surface area contributed by atoms with Gasteiger partial charge in [-0.15, -0.1) is 0 Å². The second-order valence-corrected chi connectivity index (χ2v) is 8.99. The number of alkyl halides is 3. The zero-order valence-electron chi connectivity index (χ0n) is 20.5. The van der Waals surface area contributed by atoms with Crippen LogP contribution in [0.15, 0.2) is 71.8 Å². The molecule has 12 heteroatoms. The minimum atomic E-state index is -4.50. The van der Waals surface area contributed by atoms with Crippen LogP contribution in [0.1, 0.15) is 29.2 Å². The number of carbonyl (C=O) groups is 2. The predicted octanol–water partition coefficient (Wildman–Crippen LogP) is 5.41. The van der Waals surface area contributed by atoms with Crippen molar-refractivity contribution in [3.63, 3.8) is 0 Å². The third kappa shape index (κ3) is 5.64. The maximum Gasteiger partial charge on any atom is 0.416 e. The molecule has 0 bridgehead atoms. The molecule has 0 aliphatic carbocycles. The number of halogens is 4. The number of urea groups is 1. The molecule has 8 nitrogen and oxygen atoms in total. The molecule has 39 heavy (non-hydrogen) atoms. The summed E-state index contributed by atoms with van der Waals surface area (Å²) in [5.74, 6) is 0.204. The molecule has 0 saturated carbocycles.